The van der Waals surface area contributed by atoms with Gasteiger partial charge in [-0.1, -0.05) is 19.1 Å². The van der Waals surface area contributed by atoms with Crippen molar-refractivity contribution in [3.63, 3.8) is 0 Å². The van der Waals surface area contributed by atoms with E-state index in [2.05, 4.69) is 25.7 Å². The van der Waals surface area contributed by atoms with Crippen LogP contribution in [0.3, 0.4) is 0 Å². The quantitative estimate of drug-likeness (QED) is 0.822. The Bertz CT molecular complexity index is 394. The molecule has 0 radical (unpaired) electrons. The van der Waals surface area contributed by atoms with Crippen molar-refractivity contribution in [1.29, 1.82) is 0 Å². The highest BCUT2D eigenvalue weighted by Crippen LogP contribution is 2.20. The van der Waals surface area contributed by atoms with E-state index >= 15 is 0 Å². The molecule has 0 heterocycles. The van der Waals surface area contributed by atoms with E-state index in [0.29, 0.717) is 12.5 Å². The summed E-state index contributed by atoms with van der Waals surface area (Å²) in [6.07, 6.45) is 1.69. The summed E-state index contributed by atoms with van der Waals surface area (Å²) in [6.45, 7) is 8.17. The Labute approximate surface area is 114 Å². The molecule has 0 aromatic heterocycles. The number of nitrogens with zero attached hydrogens (tertiary/aromatic N) is 1. The first-order chi connectivity index (χ1) is 8.97. The maximum atomic E-state index is 13.6. The van der Waals surface area contributed by atoms with Gasteiger partial charge in [0.05, 0.1) is 0 Å². The third kappa shape index (κ3) is 4.55. The molecule has 1 atom stereocenters. The molecule has 0 fully saturated rings. The number of hydrogen-bond donors (Lipinski definition) is 1. The van der Waals surface area contributed by atoms with Crippen LogP contribution in [0.5, 0.6) is 0 Å². The van der Waals surface area contributed by atoms with Crippen molar-refractivity contribution in [2.45, 2.75) is 45.7 Å². The number of rotatable bonds is 7. The largest absolute Gasteiger partial charge is 0.324 e. The lowest BCUT2D eigenvalue weighted by Gasteiger charge is -2.27. The van der Waals surface area contributed by atoms with Gasteiger partial charge in [0.15, 0.2) is 11.6 Å². The van der Waals surface area contributed by atoms with Gasteiger partial charge in [-0.25, -0.2) is 8.78 Å². The van der Waals surface area contributed by atoms with Gasteiger partial charge in [0.1, 0.15) is 0 Å². The predicted octanol–water partition coefficient (Wildman–Crippen LogP) is 3.48. The first-order valence-corrected chi connectivity index (χ1v) is 6.90. The fourth-order valence-corrected chi connectivity index (χ4v) is 2.18. The third-order valence-corrected chi connectivity index (χ3v) is 3.35. The van der Waals surface area contributed by atoms with Crippen LogP contribution >= 0.6 is 0 Å². The normalized spacial score (nSPS) is 13.3. The molecule has 0 amide bonds. The molecule has 0 aliphatic carbocycles. The zero-order chi connectivity index (χ0) is 14.4. The van der Waals surface area contributed by atoms with Crippen molar-refractivity contribution >= 4 is 0 Å². The SMILES string of the molecule is CCCN(CCC(N)c1cccc(F)c1F)C(C)C. The van der Waals surface area contributed by atoms with Gasteiger partial charge in [-0.05, 0) is 39.3 Å². The van der Waals surface area contributed by atoms with E-state index in [1.54, 1.807) is 6.07 Å². The Kier molecular flexibility index (Phi) is 6.38. The van der Waals surface area contributed by atoms with E-state index in [1.165, 1.54) is 6.07 Å². The summed E-state index contributed by atoms with van der Waals surface area (Å²) in [5.41, 5.74) is 6.24. The number of nitrogens with two attached hydrogens (primary N) is 1. The second-order valence-electron chi connectivity index (χ2n) is 5.17. The Balaban J connectivity index is 2.64. The maximum absolute atomic E-state index is 13.6. The summed E-state index contributed by atoms with van der Waals surface area (Å²) < 4.78 is 26.8. The molecule has 0 saturated carbocycles. The Morgan fingerprint density at radius 3 is 2.47 bits per heavy atom. The molecule has 1 rings (SSSR count). The van der Waals surface area contributed by atoms with Crippen molar-refractivity contribution in [2.24, 2.45) is 5.73 Å². The maximum Gasteiger partial charge on any atom is 0.163 e. The molecule has 19 heavy (non-hydrogen) atoms. The fraction of sp³-hybridized carbons (Fsp3) is 0.600. The smallest absolute Gasteiger partial charge is 0.163 e. The first-order valence-electron chi connectivity index (χ1n) is 6.90. The lowest BCUT2D eigenvalue weighted by molar-refractivity contribution is 0.213. The highest BCUT2D eigenvalue weighted by Gasteiger charge is 2.16. The van der Waals surface area contributed by atoms with E-state index in [4.69, 9.17) is 5.73 Å². The van der Waals surface area contributed by atoms with Crippen LogP contribution in [0.15, 0.2) is 18.2 Å². The van der Waals surface area contributed by atoms with Crippen molar-refractivity contribution < 1.29 is 8.78 Å². The molecule has 0 spiro atoms. The minimum Gasteiger partial charge on any atom is -0.324 e. The van der Waals surface area contributed by atoms with Crippen LogP contribution in [0.4, 0.5) is 8.78 Å². The average Bonchev–Trinajstić information content (AvgIpc) is 2.37. The topological polar surface area (TPSA) is 29.3 Å². The van der Waals surface area contributed by atoms with Crippen molar-refractivity contribution in [3.8, 4) is 0 Å². The molecule has 0 saturated heterocycles. The van der Waals surface area contributed by atoms with Gasteiger partial charge < -0.3 is 10.6 Å². The molecule has 4 heteroatoms. The second kappa shape index (κ2) is 7.56. The Hall–Kier alpha value is -1.00. The number of halogens is 2. The van der Waals surface area contributed by atoms with Crippen LogP contribution in [0, 0.1) is 11.6 Å². The highest BCUT2D eigenvalue weighted by molar-refractivity contribution is 5.22. The molecule has 108 valence electrons. The molecule has 0 aliphatic heterocycles. The fourth-order valence-electron chi connectivity index (χ4n) is 2.18. The summed E-state index contributed by atoms with van der Waals surface area (Å²) in [4.78, 5) is 2.30. The third-order valence-electron chi connectivity index (χ3n) is 3.35. The Morgan fingerprint density at radius 1 is 1.21 bits per heavy atom. The lowest BCUT2D eigenvalue weighted by atomic mass is 10.0. The van der Waals surface area contributed by atoms with Gasteiger partial charge in [0.2, 0.25) is 0 Å². The van der Waals surface area contributed by atoms with Crippen LogP contribution in [0.2, 0.25) is 0 Å². The molecule has 1 aromatic carbocycles. The Morgan fingerprint density at radius 2 is 1.89 bits per heavy atom. The minimum absolute atomic E-state index is 0.264. The zero-order valence-corrected chi connectivity index (χ0v) is 12.0. The summed E-state index contributed by atoms with van der Waals surface area (Å²) in [6, 6.07) is 4.14. The molecule has 2 nitrogen and oxygen atoms in total. The van der Waals surface area contributed by atoms with Gasteiger partial charge in [-0.15, -0.1) is 0 Å². The molecule has 1 unspecified atom stereocenters. The van der Waals surface area contributed by atoms with Crippen LogP contribution in [-0.4, -0.2) is 24.0 Å². The van der Waals surface area contributed by atoms with Crippen LogP contribution < -0.4 is 5.73 Å². The van der Waals surface area contributed by atoms with Gasteiger partial charge in [0, 0.05) is 24.2 Å². The van der Waals surface area contributed by atoms with Crippen LogP contribution in [-0.2, 0) is 0 Å². The highest BCUT2D eigenvalue weighted by atomic mass is 19.2. The average molecular weight is 270 g/mol. The monoisotopic (exact) mass is 270 g/mol. The van der Waals surface area contributed by atoms with E-state index < -0.39 is 17.7 Å². The van der Waals surface area contributed by atoms with E-state index in [0.717, 1.165) is 25.6 Å². The predicted molar refractivity (Wildman–Crippen MR) is 74.9 cm³/mol. The van der Waals surface area contributed by atoms with Gasteiger partial charge in [-0.2, -0.15) is 0 Å². The van der Waals surface area contributed by atoms with Gasteiger partial charge in [0.25, 0.3) is 0 Å². The number of hydrogen-bond acceptors (Lipinski definition) is 2. The van der Waals surface area contributed by atoms with Crippen LogP contribution in [0.1, 0.15) is 45.2 Å². The zero-order valence-electron chi connectivity index (χ0n) is 12.0. The van der Waals surface area contributed by atoms with E-state index in [1.807, 2.05) is 0 Å². The molecule has 0 bridgehead atoms. The second-order valence-corrected chi connectivity index (χ2v) is 5.17. The first kappa shape index (κ1) is 16.1. The van der Waals surface area contributed by atoms with Crippen molar-refractivity contribution in [3.05, 3.63) is 35.4 Å². The molecule has 0 aliphatic rings. The molecular weight excluding hydrogens is 246 g/mol. The molecular formula is C15H24F2N2. The summed E-state index contributed by atoms with van der Waals surface area (Å²) in [5, 5.41) is 0. The molecule has 1 aromatic rings. The molecule has 2 N–H and O–H groups in total. The minimum atomic E-state index is -0.831. The summed E-state index contributed by atoms with van der Waals surface area (Å²) in [5.74, 6) is -1.65. The lowest BCUT2D eigenvalue weighted by Crippen LogP contribution is -2.34. The van der Waals surface area contributed by atoms with E-state index in [9.17, 15) is 8.78 Å². The standard InChI is InChI=1S/C15H24F2N2/c1-4-9-19(11(2)3)10-8-14(18)12-6-5-7-13(16)15(12)17/h5-7,11,14H,4,8-10,18H2,1-3H3. The van der Waals surface area contributed by atoms with Crippen LogP contribution in [0.25, 0.3) is 0 Å². The van der Waals surface area contributed by atoms with Gasteiger partial charge >= 0.3 is 0 Å². The summed E-state index contributed by atoms with van der Waals surface area (Å²) in [7, 11) is 0. The van der Waals surface area contributed by atoms with Crippen molar-refractivity contribution in [2.75, 3.05) is 13.1 Å². The van der Waals surface area contributed by atoms with Gasteiger partial charge in [-0.3, -0.25) is 0 Å². The number of benzene rings is 1. The van der Waals surface area contributed by atoms with Crippen molar-refractivity contribution in [1.82, 2.24) is 4.90 Å². The summed E-state index contributed by atoms with van der Waals surface area (Å²) >= 11 is 0. The van der Waals surface area contributed by atoms with E-state index in [-0.39, 0.29) is 5.56 Å².